The van der Waals surface area contributed by atoms with Crippen molar-refractivity contribution in [1.82, 2.24) is 9.97 Å². The Hall–Kier alpha value is -1.41. The van der Waals surface area contributed by atoms with Gasteiger partial charge in [-0.3, -0.25) is 4.98 Å². The maximum atomic E-state index is 5.90. The highest BCUT2D eigenvalue weighted by atomic mass is 35.5. The van der Waals surface area contributed by atoms with Gasteiger partial charge in [0, 0.05) is 6.20 Å². The van der Waals surface area contributed by atoms with Crippen LogP contribution in [0.1, 0.15) is 11.1 Å². The first-order valence-electron chi connectivity index (χ1n) is 4.94. The molecule has 0 radical (unpaired) electrons. The van der Waals surface area contributed by atoms with Gasteiger partial charge in [-0.1, -0.05) is 23.7 Å². The van der Waals surface area contributed by atoms with E-state index < -0.39 is 0 Å². The zero-order valence-electron chi connectivity index (χ0n) is 8.07. The monoisotopic (exact) mass is 216 g/mol. The van der Waals surface area contributed by atoms with Gasteiger partial charge in [0.1, 0.15) is 5.15 Å². The van der Waals surface area contributed by atoms with E-state index in [4.69, 9.17) is 11.6 Å². The van der Waals surface area contributed by atoms with E-state index in [9.17, 15) is 0 Å². The third-order valence-electron chi connectivity index (χ3n) is 2.72. The first kappa shape index (κ1) is 8.86. The second-order valence-electron chi connectivity index (χ2n) is 3.65. The molecule has 0 aliphatic heterocycles. The molecule has 0 spiro atoms. The summed E-state index contributed by atoms with van der Waals surface area (Å²) in [6.07, 6.45) is 3.87. The summed E-state index contributed by atoms with van der Waals surface area (Å²) in [7, 11) is 0. The molecule has 2 heterocycles. The summed E-state index contributed by atoms with van der Waals surface area (Å²) < 4.78 is 0. The molecule has 0 unspecified atom stereocenters. The third kappa shape index (κ3) is 1.41. The van der Waals surface area contributed by atoms with E-state index in [-0.39, 0.29) is 0 Å². The fraction of sp³-hybridized carbons (Fsp3) is 0.167. The van der Waals surface area contributed by atoms with Gasteiger partial charge in [-0.05, 0) is 36.1 Å². The molecular formula is C12H9ClN2. The SMILES string of the molecule is Clc1ccc2c(n1)-c1ncccc1CC2. The molecule has 1 aliphatic rings. The molecule has 2 aromatic heterocycles. The molecular weight excluding hydrogens is 208 g/mol. The van der Waals surface area contributed by atoms with Crippen molar-refractivity contribution in [2.45, 2.75) is 12.8 Å². The lowest BCUT2D eigenvalue weighted by Gasteiger charge is -2.17. The Labute approximate surface area is 93.0 Å². The number of aryl methyl sites for hydroxylation is 2. The lowest BCUT2D eigenvalue weighted by atomic mass is 9.93. The predicted octanol–water partition coefficient (Wildman–Crippen LogP) is 2.90. The van der Waals surface area contributed by atoms with Crippen molar-refractivity contribution < 1.29 is 0 Å². The first-order valence-corrected chi connectivity index (χ1v) is 5.32. The number of rotatable bonds is 0. The van der Waals surface area contributed by atoms with Gasteiger partial charge >= 0.3 is 0 Å². The molecule has 0 fully saturated rings. The fourth-order valence-electron chi connectivity index (χ4n) is 1.99. The minimum absolute atomic E-state index is 0.534. The van der Waals surface area contributed by atoms with Gasteiger partial charge in [0.2, 0.25) is 0 Å². The highest BCUT2D eigenvalue weighted by Crippen LogP contribution is 2.30. The highest BCUT2D eigenvalue weighted by Gasteiger charge is 2.17. The number of pyridine rings is 2. The molecule has 0 saturated heterocycles. The zero-order chi connectivity index (χ0) is 10.3. The predicted molar refractivity (Wildman–Crippen MR) is 59.9 cm³/mol. The Morgan fingerprint density at radius 3 is 2.67 bits per heavy atom. The van der Waals surface area contributed by atoms with Crippen molar-refractivity contribution in [3.8, 4) is 11.4 Å². The van der Waals surface area contributed by atoms with E-state index in [1.807, 2.05) is 18.2 Å². The molecule has 0 aromatic carbocycles. The van der Waals surface area contributed by atoms with Crippen molar-refractivity contribution in [2.24, 2.45) is 0 Å². The van der Waals surface area contributed by atoms with E-state index in [1.165, 1.54) is 11.1 Å². The molecule has 3 heteroatoms. The molecule has 2 aromatic rings. The Kier molecular flexibility index (Phi) is 1.96. The summed E-state index contributed by atoms with van der Waals surface area (Å²) in [5, 5.41) is 0.534. The number of hydrogen-bond donors (Lipinski definition) is 0. The number of fused-ring (bicyclic) bond motifs is 3. The Bertz CT molecular complexity index is 523. The van der Waals surface area contributed by atoms with Crippen molar-refractivity contribution in [3.05, 3.63) is 46.7 Å². The van der Waals surface area contributed by atoms with Gasteiger partial charge in [-0.2, -0.15) is 0 Å². The lowest BCUT2D eigenvalue weighted by Crippen LogP contribution is -2.07. The van der Waals surface area contributed by atoms with Gasteiger partial charge in [0.25, 0.3) is 0 Å². The lowest BCUT2D eigenvalue weighted by molar-refractivity contribution is 0.912. The number of nitrogens with zero attached hydrogens (tertiary/aromatic N) is 2. The molecule has 0 bridgehead atoms. The smallest absolute Gasteiger partial charge is 0.129 e. The van der Waals surface area contributed by atoms with Crippen LogP contribution in [0.25, 0.3) is 11.4 Å². The summed E-state index contributed by atoms with van der Waals surface area (Å²) in [5.74, 6) is 0. The van der Waals surface area contributed by atoms with Gasteiger partial charge in [-0.25, -0.2) is 4.98 Å². The van der Waals surface area contributed by atoms with Crippen LogP contribution < -0.4 is 0 Å². The van der Waals surface area contributed by atoms with Crippen LogP contribution in [0, 0.1) is 0 Å². The summed E-state index contributed by atoms with van der Waals surface area (Å²) in [5.41, 5.74) is 4.44. The minimum Gasteiger partial charge on any atom is -0.254 e. The van der Waals surface area contributed by atoms with E-state index in [0.717, 1.165) is 24.2 Å². The normalized spacial score (nSPS) is 13.1. The second-order valence-corrected chi connectivity index (χ2v) is 4.04. The zero-order valence-corrected chi connectivity index (χ0v) is 8.83. The topological polar surface area (TPSA) is 25.8 Å². The van der Waals surface area contributed by atoms with Crippen LogP contribution in [0.4, 0.5) is 0 Å². The van der Waals surface area contributed by atoms with Crippen LogP contribution >= 0.6 is 11.6 Å². The van der Waals surface area contributed by atoms with Crippen molar-refractivity contribution in [3.63, 3.8) is 0 Å². The number of halogens is 1. The molecule has 0 N–H and O–H groups in total. The van der Waals surface area contributed by atoms with Gasteiger partial charge < -0.3 is 0 Å². The van der Waals surface area contributed by atoms with Crippen LogP contribution in [0.15, 0.2) is 30.5 Å². The van der Waals surface area contributed by atoms with Crippen molar-refractivity contribution >= 4 is 11.6 Å². The van der Waals surface area contributed by atoms with Gasteiger partial charge in [-0.15, -0.1) is 0 Å². The maximum absolute atomic E-state index is 5.90. The average molecular weight is 217 g/mol. The molecule has 2 nitrogen and oxygen atoms in total. The molecule has 3 rings (SSSR count). The Balaban J connectivity index is 2.28. The second kappa shape index (κ2) is 3.31. The molecule has 1 aliphatic carbocycles. The third-order valence-corrected chi connectivity index (χ3v) is 2.93. The Morgan fingerprint density at radius 2 is 1.80 bits per heavy atom. The van der Waals surface area contributed by atoms with E-state index in [0.29, 0.717) is 5.15 Å². The van der Waals surface area contributed by atoms with Crippen LogP contribution in [-0.2, 0) is 12.8 Å². The maximum Gasteiger partial charge on any atom is 0.129 e. The molecule has 0 saturated carbocycles. The quantitative estimate of drug-likeness (QED) is 0.633. The first-order chi connectivity index (χ1) is 7.34. The molecule has 74 valence electrons. The summed E-state index contributed by atoms with van der Waals surface area (Å²) in [6.45, 7) is 0. The van der Waals surface area contributed by atoms with Gasteiger partial charge in [0.05, 0.1) is 11.4 Å². The Morgan fingerprint density at radius 1 is 1.00 bits per heavy atom. The van der Waals surface area contributed by atoms with E-state index in [1.54, 1.807) is 6.20 Å². The molecule has 0 atom stereocenters. The number of hydrogen-bond acceptors (Lipinski definition) is 2. The largest absolute Gasteiger partial charge is 0.254 e. The van der Waals surface area contributed by atoms with E-state index in [2.05, 4.69) is 16.0 Å². The van der Waals surface area contributed by atoms with Crippen molar-refractivity contribution in [1.29, 1.82) is 0 Å². The highest BCUT2D eigenvalue weighted by molar-refractivity contribution is 6.29. The standard InChI is InChI=1S/C12H9ClN2/c13-10-6-5-9-4-3-8-2-1-7-14-11(8)12(9)15-10/h1-2,5-7H,3-4H2. The minimum atomic E-state index is 0.534. The van der Waals surface area contributed by atoms with Gasteiger partial charge in [0.15, 0.2) is 0 Å². The fourth-order valence-corrected chi connectivity index (χ4v) is 2.14. The number of aromatic nitrogens is 2. The molecule has 0 amide bonds. The van der Waals surface area contributed by atoms with Crippen LogP contribution in [0.2, 0.25) is 5.15 Å². The van der Waals surface area contributed by atoms with Crippen LogP contribution in [0.3, 0.4) is 0 Å². The van der Waals surface area contributed by atoms with E-state index >= 15 is 0 Å². The van der Waals surface area contributed by atoms with Crippen LogP contribution in [-0.4, -0.2) is 9.97 Å². The summed E-state index contributed by atoms with van der Waals surface area (Å²) >= 11 is 5.90. The summed E-state index contributed by atoms with van der Waals surface area (Å²) in [4.78, 5) is 8.74. The molecule has 15 heavy (non-hydrogen) atoms. The average Bonchev–Trinajstić information content (AvgIpc) is 2.29. The van der Waals surface area contributed by atoms with Crippen molar-refractivity contribution in [2.75, 3.05) is 0 Å². The van der Waals surface area contributed by atoms with Crippen LogP contribution in [0.5, 0.6) is 0 Å². The summed E-state index contributed by atoms with van der Waals surface area (Å²) in [6, 6.07) is 7.96.